The summed E-state index contributed by atoms with van der Waals surface area (Å²) in [6, 6.07) is 25.6. The first-order chi connectivity index (χ1) is 16.1. The molecule has 1 fully saturated rings. The minimum Gasteiger partial charge on any atom is -0.461 e. The average Bonchev–Trinajstić information content (AvgIpc) is 3.38. The van der Waals surface area contributed by atoms with Crippen LogP contribution in [0, 0.1) is 12.8 Å². The van der Waals surface area contributed by atoms with Crippen LogP contribution in [0.4, 0.5) is 5.69 Å². The molecule has 4 aromatic rings. The second kappa shape index (κ2) is 9.20. The third-order valence-corrected chi connectivity index (χ3v) is 7.24. The monoisotopic (exact) mass is 455 g/mol. The van der Waals surface area contributed by atoms with E-state index in [4.69, 9.17) is 4.74 Å². The Hall–Kier alpha value is -3.44. The maximum atomic E-state index is 13.4. The van der Waals surface area contributed by atoms with Crippen molar-refractivity contribution < 1.29 is 14.3 Å². The minimum atomic E-state index is -0.419. The second-order valence-electron chi connectivity index (χ2n) is 8.45. The van der Waals surface area contributed by atoms with E-state index in [0.29, 0.717) is 12.8 Å². The molecule has 1 amide bonds. The SMILES string of the molecule is Cc1ccc(N2C(=O)CC[C@H](C(=O)OCc3cccc4ccccc34)[C@H]2c2cccs2)cc1. The van der Waals surface area contributed by atoms with E-state index in [1.165, 1.54) is 0 Å². The van der Waals surface area contributed by atoms with Gasteiger partial charge in [-0.25, -0.2) is 0 Å². The van der Waals surface area contributed by atoms with Gasteiger partial charge >= 0.3 is 5.97 Å². The number of thiophene rings is 1. The summed E-state index contributed by atoms with van der Waals surface area (Å²) in [7, 11) is 0. The van der Waals surface area contributed by atoms with Gasteiger partial charge in [-0.15, -0.1) is 11.3 Å². The molecule has 33 heavy (non-hydrogen) atoms. The third-order valence-electron chi connectivity index (χ3n) is 6.30. The molecule has 1 aliphatic rings. The van der Waals surface area contributed by atoms with Crippen molar-refractivity contribution in [2.75, 3.05) is 4.90 Å². The van der Waals surface area contributed by atoms with Crippen LogP contribution in [0.2, 0.25) is 0 Å². The first kappa shape index (κ1) is 21.4. The number of aryl methyl sites for hydroxylation is 1. The van der Waals surface area contributed by atoms with Crippen molar-refractivity contribution in [3.8, 4) is 0 Å². The van der Waals surface area contributed by atoms with Crippen molar-refractivity contribution in [1.29, 1.82) is 0 Å². The molecule has 5 rings (SSSR count). The number of piperidine rings is 1. The number of benzene rings is 3. The van der Waals surface area contributed by atoms with E-state index >= 15 is 0 Å². The summed E-state index contributed by atoms with van der Waals surface area (Å²) in [4.78, 5) is 29.2. The molecular formula is C28H25NO3S. The van der Waals surface area contributed by atoms with E-state index in [1.807, 2.05) is 79.0 Å². The molecule has 1 saturated heterocycles. The maximum absolute atomic E-state index is 13.4. The largest absolute Gasteiger partial charge is 0.461 e. The number of hydrogen-bond donors (Lipinski definition) is 0. The van der Waals surface area contributed by atoms with E-state index in [2.05, 4.69) is 12.1 Å². The summed E-state index contributed by atoms with van der Waals surface area (Å²) in [5, 5.41) is 4.19. The average molecular weight is 456 g/mol. The van der Waals surface area contributed by atoms with E-state index < -0.39 is 5.92 Å². The predicted molar refractivity (Wildman–Crippen MR) is 132 cm³/mol. The molecule has 0 unspecified atom stereocenters. The molecule has 2 heterocycles. The van der Waals surface area contributed by atoms with Crippen LogP contribution in [0.3, 0.4) is 0 Å². The van der Waals surface area contributed by atoms with Crippen molar-refractivity contribution in [3.05, 3.63) is 100 Å². The lowest BCUT2D eigenvalue weighted by atomic mass is 9.87. The van der Waals surface area contributed by atoms with Crippen LogP contribution in [0.25, 0.3) is 10.8 Å². The quantitative estimate of drug-likeness (QED) is 0.326. The van der Waals surface area contributed by atoms with Gasteiger partial charge in [0.15, 0.2) is 0 Å². The lowest BCUT2D eigenvalue weighted by Crippen LogP contribution is -2.45. The van der Waals surface area contributed by atoms with Gasteiger partial charge in [0.05, 0.1) is 12.0 Å². The number of nitrogens with zero attached hydrogens (tertiary/aromatic N) is 1. The van der Waals surface area contributed by atoms with Crippen molar-refractivity contribution in [3.63, 3.8) is 0 Å². The Morgan fingerprint density at radius 3 is 2.58 bits per heavy atom. The van der Waals surface area contributed by atoms with Gasteiger partial charge in [-0.3, -0.25) is 9.59 Å². The summed E-state index contributed by atoms with van der Waals surface area (Å²) >= 11 is 1.57. The van der Waals surface area contributed by atoms with Crippen LogP contribution in [0.1, 0.15) is 34.9 Å². The first-order valence-electron chi connectivity index (χ1n) is 11.2. The molecule has 1 aromatic heterocycles. The zero-order chi connectivity index (χ0) is 22.8. The highest BCUT2D eigenvalue weighted by atomic mass is 32.1. The molecule has 5 heteroatoms. The Morgan fingerprint density at radius 2 is 1.79 bits per heavy atom. The van der Waals surface area contributed by atoms with Crippen LogP contribution >= 0.6 is 11.3 Å². The summed E-state index contributed by atoms with van der Waals surface area (Å²) in [6.45, 7) is 2.23. The normalized spacial score (nSPS) is 18.5. The first-order valence-corrected chi connectivity index (χ1v) is 12.1. The van der Waals surface area contributed by atoms with Gasteiger partial charge < -0.3 is 9.64 Å². The fourth-order valence-corrected chi connectivity index (χ4v) is 5.49. The predicted octanol–water partition coefficient (Wildman–Crippen LogP) is 6.44. The fourth-order valence-electron chi connectivity index (χ4n) is 4.61. The molecular weight excluding hydrogens is 430 g/mol. The smallest absolute Gasteiger partial charge is 0.311 e. The van der Waals surface area contributed by atoms with Gasteiger partial charge in [0, 0.05) is 17.0 Å². The van der Waals surface area contributed by atoms with Gasteiger partial charge in [0.25, 0.3) is 0 Å². The number of fused-ring (bicyclic) bond motifs is 1. The topological polar surface area (TPSA) is 46.6 Å². The molecule has 166 valence electrons. The summed E-state index contributed by atoms with van der Waals surface area (Å²) in [5.74, 6) is -0.640. The standard InChI is InChI=1S/C28H25NO3S/c1-19-11-13-22(14-12-19)29-26(30)16-15-24(27(29)25-10-5-17-33-25)28(31)32-18-21-8-4-7-20-6-2-3-9-23(20)21/h2-14,17,24,27H,15-16,18H2,1H3/t24-,27-/m0/s1. The van der Waals surface area contributed by atoms with Gasteiger partial charge in [-0.2, -0.15) is 0 Å². The number of amides is 1. The third kappa shape index (κ3) is 4.29. The van der Waals surface area contributed by atoms with E-state index in [1.54, 1.807) is 16.2 Å². The number of carbonyl (C=O) groups is 2. The number of ether oxygens (including phenoxy) is 1. The summed E-state index contributed by atoms with van der Waals surface area (Å²) in [6.07, 6.45) is 0.807. The number of anilines is 1. The molecule has 1 aliphatic heterocycles. The molecule has 0 aliphatic carbocycles. The fraction of sp³-hybridized carbons (Fsp3) is 0.214. The molecule has 0 spiro atoms. The van der Waals surface area contributed by atoms with Crippen molar-refractivity contribution in [2.45, 2.75) is 32.4 Å². The Balaban J connectivity index is 1.43. The summed E-state index contributed by atoms with van der Waals surface area (Å²) < 4.78 is 5.87. The van der Waals surface area contributed by atoms with Gasteiger partial charge in [-0.05, 0) is 53.3 Å². The summed E-state index contributed by atoms with van der Waals surface area (Å²) in [5.41, 5.74) is 2.92. The molecule has 0 bridgehead atoms. The number of carbonyl (C=O) groups excluding carboxylic acids is 2. The number of hydrogen-bond acceptors (Lipinski definition) is 4. The zero-order valence-electron chi connectivity index (χ0n) is 18.4. The van der Waals surface area contributed by atoms with Gasteiger partial charge in [0.1, 0.15) is 6.61 Å². The van der Waals surface area contributed by atoms with E-state index in [9.17, 15) is 9.59 Å². The molecule has 4 nitrogen and oxygen atoms in total. The maximum Gasteiger partial charge on any atom is 0.311 e. The minimum absolute atomic E-state index is 0.0374. The Morgan fingerprint density at radius 1 is 1.00 bits per heavy atom. The van der Waals surface area contributed by atoms with Gasteiger partial charge in [-0.1, -0.05) is 66.2 Å². The lowest BCUT2D eigenvalue weighted by Gasteiger charge is -2.39. The highest BCUT2D eigenvalue weighted by Gasteiger charge is 2.42. The lowest BCUT2D eigenvalue weighted by molar-refractivity contribution is -0.152. The van der Waals surface area contributed by atoms with Crippen molar-refractivity contribution >= 4 is 39.7 Å². The zero-order valence-corrected chi connectivity index (χ0v) is 19.3. The van der Waals surface area contributed by atoms with Crippen LogP contribution in [0.5, 0.6) is 0 Å². The highest BCUT2D eigenvalue weighted by Crippen LogP contribution is 2.42. The van der Waals surface area contributed by atoms with Crippen LogP contribution in [-0.2, 0) is 20.9 Å². The molecule has 0 saturated carbocycles. The van der Waals surface area contributed by atoms with E-state index in [0.717, 1.165) is 32.5 Å². The molecule has 0 radical (unpaired) electrons. The molecule has 0 N–H and O–H groups in total. The second-order valence-corrected chi connectivity index (χ2v) is 9.43. The van der Waals surface area contributed by atoms with Crippen molar-refractivity contribution in [2.24, 2.45) is 5.92 Å². The molecule has 2 atom stereocenters. The Labute approximate surface area is 197 Å². The highest BCUT2D eigenvalue weighted by molar-refractivity contribution is 7.10. The van der Waals surface area contributed by atoms with Gasteiger partial charge in [0.2, 0.25) is 5.91 Å². The van der Waals surface area contributed by atoms with Crippen LogP contribution < -0.4 is 4.90 Å². The van der Waals surface area contributed by atoms with Crippen LogP contribution in [-0.4, -0.2) is 11.9 Å². The van der Waals surface area contributed by atoms with Crippen LogP contribution in [0.15, 0.2) is 84.2 Å². The Kier molecular flexibility index (Phi) is 5.97. The van der Waals surface area contributed by atoms with E-state index in [-0.39, 0.29) is 24.5 Å². The number of rotatable bonds is 5. The Bertz CT molecular complexity index is 1280. The van der Waals surface area contributed by atoms with Crippen molar-refractivity contribution in [1.82, 2.24) is 0 Å². The molecule has 3 aromatic carbocycles. The number of esters is 1.